The van der Waals surface area contributed by atoms with E-state index in [1.807, 2.05) is 13.0 Å². The first-order valence-corrected chi connectivity index (χ1v) is 5.83. The summed E-state index contributed by atoms with van der Waals surface area (Å²) in [5, 5.41) is 0. The molecule has 0 saturated carbocycles. The Labute approximate surface area is 92.6 Å². The van der Waals surface area contributed by atoms with E-state index in [1.165, 1.54) is 0 Å². The second-order valence-electron chi connectivity index (χ2n) is 4.08. The van der Waals surface area contributed by atoms with Crippen LogP contribution in [0.1, 0.15) is 32.6 Å². The highest BCUT2D eigenvalue weighted by Gasteiger charge is 2.38. The summed E-state index contributed by atoms with van der Waals surface area (Å²) in [6.07, 6.45) is 5.65. The first kappa shape index (κ1) is 12.7. The lowest BCUT2D eigenvalue weighted by atomic mass is 9.84. The van der Waals surface area contributed by atoms with Crippen LogP contribution in [0.5, 0.6) is 0 Å². The average Bonchev–Trinajstić information content (AvgIpc) is 2.27. The Hall–Kier alpha value is -0.380. The van der Waals surface area contributed by atoms with E-state index in [9.17, 15) is 0 Å². The first-order chi connectivity index (χ1) is 7.25. The van der Waals surface area contributed by atoms with Gasteiger partial charge in [-0.2, -0.15) is 0 Å². The van der Waals surface area contributed by atoms with Crippen LogP contribution < -0.4 is 5.73 Å². The molecule has 1 rings (SSSR count). The number of hydrogen-bond acceptors (Lipinski definition) is 3. The lowest BCUT2D eigenvalue weighted by Gasteiger charge is -2.41. The third-order valence-electron chi connectivity index (χ3n) is 3.13. The zero-order chi connectivity index (χ0) is 11.1. The molecule has 1 saturated heterocycles. The number of ether oxygens (including phenoxy) is 2. The van der Waals surface area contributed by atoms with Crippen LogP contribution in [0.3, 0.4) is 0 Å². The Kier molecular flexibility index (Phi) is 5.29. The van der Waals surface area contributed by atoms with Gasteiger partial charge in [-0.15, -0.1) is 6.58 Å². The molecule has 0 spiro atoms. The highest BCUT2D eigenvalue weighted by atomic mass is 16.5. The van der Waals surface area contributed by atoms with Gasteiger partial charge in [0.05, 0.1) is 5.60 Å². The molecule has 1 fully saturated rings. The van der Waals surface area contributed by atoms with E-state index in [0.717, 1.165) is 45.5 Å². The van der Waals surface area contributed by atoms with E-state index in [1.54, 1.807) is 0 Å². The molecule has 1 atom stereocenters. The average molecular weight is 213 g/mol. The SMILES string of the molecule is C=CCCC(N)C1(OCC)CCOCC1. The Morgan fingerprint density at radius 3 is 2.73 bits per heavy atom. The summed E-state index contributed by atoms with van der Waals surface area (Å²) in [6, 6.07) is 0.0966. The molecule has 1 aliphatic heterocycles. The highest BCUT2D eigenvalue weighted by molar-refractivity contribution is 4.94. The predicted octanol–water partition coefficient (Wildman–Crippen LogP) is 1.87. The predicted molar refractivity (Wildman–Crippen MR) is 61.8 cm³/mol. The summed E-state index contributed by atoms with van der Waals surface area (Å²) in [5.74, 6) is 0. The third kappa shape index (κ3) is 3.30. The zero-order valence-electron chi connectivity index (χ0n) is 9.71. The molecule has 2 N–H and O–H groups in total. The summed E-state index contributed by atoms with van der Waals surface area (Å²) in [5.41, 5.74) is 6.07. The van der Waals surface area contributed by atoms with Gasteiger partial charge in [0.2, 0.25) is 0 Å². The van der Waals surface area contributed by atoms with Crippen LogP contribution in [0.15, 0.2) is 12.7 Å². The topological polar surface area (TPSA) is 44.5 Å². The number of rotatable bonds is 6. The minimum absolute atomic E-state index is 0.0966. The molecule has 0 aromatic heterocycles. The van der Waals surface area contributed by atoms with Crippen molar-refractivity contribution in [1.82, 2.24) is 0 Å². The van der Waals surface area contributed by atoms with Crippen LogP contribution in [0.2, 0.25) is 0 Å². The van der Waals surface area contributed by atoms with E-state index in [-0.39, 0.29) is 11.6 Å². The highest BCUT2D eigenvalue weighted by Crippen LogP contribution is 2.29. The van der Waals surface area contributed by atoms with Gasteiger partial charge >= 0.3 is 0 Å². The molecule has 1 aliphatic rings. The number of nitrogens with two attached hydrogens (primary N) is 1. The fraction of sp³-hybridized carbons (Fsp3) is 0.833. The van der Waals surface area contributed by atoms with Gasteiger partial charge in [-0.05, 0) is 19.8 Å². The largest absolute Gasteiger partial charge is 0.381 e. The van der Waals surface area contributed by atoms with Crippen molar-refractivity contribution in [3.8, 4) is 0 Å². The van der Waals surface area contributed by atoms with Gasteiger partial charge in [0.1, 0.15) is 0 Å². The molecular formula is C12H23NO2. The monoisotopic (exact) mass is 213 g/mol. The summed E-state index contributed by atoms with van der Waals surface area (Å²) in [6.45, 7) is 8.01. The standard InChI is InChI=1S/C12H23NO2/c1-3-5-6-11(13)12(15-4-2)7-9-14-10-8-12/h3,11H,1,4-10,13H2,2H3. The van der Waals surface area contributed by atoms with Crippen molar-refractivity contribution in [3.63, 3.8) is 0 Å². The Morgan fingerprint density at radius 1 is 1.53 bits per heavy atom. The molecule has 15 heavy (non-hydrogen) atoms. The van der Waals surface area contributed by atoms with Crippen molar-refractivity contribution in [1.29, 1.82) is 0 Å². The van der Waals surface area contributed by atoms with Crippen LogP contribution in [0, 0.1) is 0 Å². The lowest BCUT2D eigenvalue weighted by Crippen LogP contribution is -2.53. The normalized spacial score (nSPS) is 22.3. The molecule has 0 bridgehead atoms. The zero-order valence-corrected chi connectivity index (χ0v) is 9.71. The second kappa shape index (κ2) is 6.26. The second-order valence-corrected chi connectivity index (χ2v) is 4.08. The van der Waals surface area contributed by atoms with Crippen LogP contribution in [-0.4, -0.2) is 31.5 Å². The molecule has 3 nitrogen and oxygen atoms in total. The van der Waals surface area contributed by atoms with Crippen LogP contribution in [0.4, 0.5) is 0 Å². The van der Waals surface area contributed by atoms with Crippen molar-refractivity contribution in [3.05, 3.63) is 12.7 Å². The Bertz CT molecular complexity index is 183. The number of hydrogen-bond donors (Lipinski definition) is 1. The molecule has 1 unspecified atom stereocenters. The molecule has 1 heterocycles. The molecule has 0 aromatic carbocycles. The summed E-state index contributed by atoms with van der Waals surface area (Å²) >= 11 is 0. The minimum Gasteiger partial charge on any atom is -0.381 e. The number of allylic oxidation sites excluding steroid dienone is 1. The molecule has 0 amide bonds. The quantitative estimate of drug-likeness (QED) is 0.685. The van der Waals surface area contributed by atoms with Gasteiger partial charge in [0.25, 0.3) is 0 Å². The van der Waals surface area contributed by atoms with Gasteiger partial charge in [-0.3, -0.25) is 0 Å². The molecule has 3 heteroatoms. The van der Waals surface area contributed by atoms with Crippen LogP contribution >= 0.6 is 0 Å². The summed E-state index contributed by atoms with van der Waals surface area (Å²) in [4.78, 5) is 0. The smallest absolute Gasteiger partial charge is 0.0876 e. The van der Waals surface area contributed by atoms with Crippen molar-refractivity contribution >= 4 is 0 Å². The molecule has 0 aromatic rings. The van der Waals surface area contributed by atoms with E-state index >= 15 is 0 Å². The summed E-state index contributed by atoms with van der Waals surface area (Å²) in [7, 11) is 0. The van der Waals surface area contributed by atoms with E-state index in [2.05, 4.69) is 6.58 Å². The van der Waals surface area contributed by atoms with Gasteiger partial charge in [-0.1, -0.05) is 6.08 Å². The molecule has 88 valence electrons. The molecule has 0 radical (unpaired) electrons. The van der Waals surface area contributed by atoms with Gasteiger partial charge in [0, 0.05) is 38.7 Å². The Morgan fingerprint density at radius 2 is 2.20 bits per heavy atom. The lowest BCUT2D eigenvalue weighted by molar-refractivity contribution is -0.121. The molecule has 0 aliphatic carbocycles. The van der Waals surface area contributed by atoms with Gasteiger partial charge in [-0.25, -0.2) is 0 Å². The van der Waals surface area contributed by atoms with E-state index < -0.39 is 0 Å². The maximum atomic E-state index is 6.23. The minimum atomic E-state index is -0.157. The van der Waals surface area contributed by atoms with Crippen LogP contribution in [-0.2, 0) is 9.47 Å². The fourth-order valence-electron chi connectivity index (χ4n) is 2.19. The van der Waals surface area contributed by atoms with Crippen LogP contribution in [0.25, 0.3) is 0 Å². The summed E-state index contributed by atoms with van der Waals surface area (Å²) < 4.78 is 11.3. The van der Waals surface area contributed by atoms with Crippen molar-refractivity contribution in [2.24, 2.45) is 5.73 Å². The van der Waals surface area contributed by atoms with Crippen molar-refractivity contribution < 1.29 is 9.47 Å². The fourth-order valence-corrected chi connectivity index (χ4v) is 2.19. The van der Waals surface area contributed by atoms with Gasteiger partial charge in [0.15, 0.2) is 0 Å². The first-order valence-electron chi connectivity index (χ1n) is 5.83. The maximum Gasteiger partial charge on any atom is 0.0876 e. The third-order valence-corrected chi connectivity index (χ3v) is 3.13. The van der Waals surface area contributed by atoms with Crippen molar-refractivity contribution in [2.45, 2.75) is 44.2 Å². The van der Waals surface area contributed by atoms with Gasteiger partial charge < -0.3 is 15.2 Å². The van der Waals surface area contributed by atoms with E-state index in [0.29, 0.717) is 0 Å². The Balaban J connectivity index is 2.56. The maximum absolute atomic E-state index is 6.23. The molecular weight excluding hydrogens is 190 g/mol. The van der Waals surface area contributed by atoms with E-state index in [4.69, 9.17) is 15.2 Å². The van der Waals surface area contributed by atoms with Crippen molar-refractivity contribution in [2.75, 3.05) is 19.8 Å².